The maximum atomic E-state index is 12.2. The van der Waals surface area contributed by atoms with Crippen LogP contribution in [0.25, 0.3) is 0 Å². The number of aryl methyl sites for hydroxylation is 2. The predicted octanol–water partition coefficient (Wildman–Crippen LogP) is 3.55. The van der Waals surface area contributed by atoms with Gasteiger partial charge in [0.2, 0.25) is 0 Å². The molecule has 0 saturated carbocycles. The molecule has 0 bridgehead atoms. The Morgan fingerprint density at radius 3 is 2.35 bits per heavy atom. The monoisotopic (exact) mass is 269 g/mol. The molecule has 3 N–H and O–H groups in total. The van der Waals surface area contributed by atoms with Crippen molar-refractivity contribution in [1.82, 2.24) is 0 Å². The van der Waals surface area contributed by atoms with E-state index in [0.717, 1.165) is 16.9 Å². The van der Waals surface area contributed by atoms with Gasteiger partial charge in [-0.05, 0) is 49.7 Å². The molecule has 0 unspecified atom stereocenters. The van der Waals surface area contributed by atoms with Crippen molar-refractivity contribution >= 4 is 23.1 Å². The molecule has 0 saturated heterocycles. The Balaban J connectivity index is 2.14. The molecular formula is C16H19N3O. The first-order chi connectivity index (χ1) is 9.47. The molecule has 2 rings (SSSR count). The Morgan fingerprint density at radius 1 is 1.10 bits per heavy atom. The first-order valence-electron chi connectivity index (χ1n) is 6.45. The highest BCUT2D eigenvalue weighted by Gasteiger charge is 2.12. The second-order valence-electron chi connectivity index (χ2n) is 4.90. The number of carbonyl (C=O) groups is 1. The Labute approximate surface area is 119 Å². The summed E-state index contributed by atoms with van der Waals surface area (Å²) in [7, 11) is 1.75. The zero-order chi connectivity index (χ0) is 14.7. The summed E-state index contributed by atoms with van der Waals surface area (Å²) in [5, 5.41) is 2.84. The van der Waals surface area contributed by atoms with E-state index in [0.29, 0.717) is 5.69 Å². The van der Waals surface area contributed by atoms with E-state index in [1.165, 1.54) is 5.56 Å². The van der Waals surface area contributed by atoms with Crippen LogP contribution in [0.3, 0.4) is 0 Å². The number of anilines is 3. The summed E-state index contributed by atoms with van der Waals surface area (Å²) in [4.78, 5) is 13.8. The van der Waals surface area contributed by atoms with E-state index in [4.69, 9.17) is 5.73 Å². The van der Waals surface area contributed by atoms with Gasteiger partial charge >= 0.3 is 6.03 Å². The SMILES string of the molecule is Cc1ccc(N(C)C(=O)Nc2ccc(N)cc2)c(C)c1. The maximum Gasteiger partial charge on any atom is 0.326 e. The molecule has 0 fully saturated rings. The number of carbonyl (C=O) groups excluding carboxylic acids is 1. The van der Waals surface area contributed by atoms with Gasteiger partial charge in [0.25, 0.3) is 0 Å². The van der Waals surface area contributed by atoms with E-state index in [2.05, 4.69) is 11.4 Å². The highest BCUT2D eigenvalue weighted by molar-refractivity contribution is 6.01. The molecule has 104 valence electrons. The molecule has 20 heavy (non-hydrogen) atoms. The third-order valence-corrected chi connectivity index (χ3v) is 3.18. The first kappa shape index (κ1) is 13.9. The summed E-state index contributed by atoms with van der Waals surface area (Å²) in [6, 6.07) is 12.9. The van der Waals surface area contributed by atoms with Crippen molar-refractivity contribution in [2.24, 2.45) is 0 Å². The van der Waals surface area contributed by atoms with E-state index < -0.39 is 0 Å². The number of nitrogens with one attached hydrogen (secondary N) is 1. The minimum atomic E-state index is -0.179. The molecule has 0 atom stereocenters. The second kappa shape index (κ2) is 5.65. The molecule has 4 heteroatoms. The molecule has 0 aliphatic carbocycles. The second-order valence-corrected chi connectivity index (χ2v) is 4.90. The minimum absolute atomic E-state index is 0.179. The topological polar surface area (TPSA) is 58.4 Å². The molecule has 2 amide bonds. The molecule has 2 aromatic rings. The average molecular weight is 269 g/mol. The fraction of sp³-hybridized carbons (Fsp3) is 0.188. The van der Waals surface area contributed by atoms with Crippen molar-refractivity contribution in [3.05, 3.63) is 53.6 Å². The van der Waals surface area contributed by atoms with Gasteiger partial charge in [0.1, 0.15) is 0 Å². The van der Waals surface area contributed by atoms with Gasteiger partial charge in [0, 0.05) is 24.1 Å². The van der Waals surface area contributed by atoms with Gasteiger partial charge < -0.3 is 11.1 Å². The van der Waals surface area contributed by atoms with E-state index in [1.54, 1.807) is 36.2 Å². The van der Waals surface area contributed by atoms with E-state index in [9.17, 15) is 4.79 Å². The summed E-state index contributed by atoms with van der Waals surface area (Å²) in [5.41, 5.74) is 10.2. The van der Waals surface area contributed by atoms with Crippen LogP contribution >= 0.6 is 0 Å². The Kier molecular flexibility index (Phi) is 3.94. The third kappa shape index (κ3) is 3.09. The van der Waals surface area contributed by atoms with Crippen LogP contribution in [-0.4, -0.2) is 13.1 Å². The van der Waals surface area contributed by atoms with Crippen LogP contribution in [0, 0.1) is 13.8 Å². The average Bonchev–Trinajstić information content (AvgIpc) is 2.40. The van der Waals surface area contributed by atoms with Crippen LogP contribution in [0.4, 0.5) is 21.9 Å². The minimum Gasteiger partial charge on any atom is -0.399 e. The summed E-state index contributed by atoms with van der Waals surface area (Å²) in [6.07, 6.45) is 0. The Morgan fingerprint density at radius 2 is 1.75 bits per heavy atom. The molecule has 0 spiro atoms. The number of urea groups is 1. The highest BCUT2D eigenvalue weighted by atomic mass is 16.2. The Hall–Kier alpha value is -2.49. The van der Waals surface area contributed by atoms with Crippen molar-refractivity contribution in [1.29, 1.82) is 0 Å². The van der Waals surface area contributed by atoms with Gasteiger partial charge in [-0.2, -0.15) is 0 Å². The zero-order valence-corrected chi connectivity index (χ0v) is 12.0. The van der Waals surface area contributed by atoms with E-state index in [-0.39, 0.29) is 6.03 Å². The molecule has 2 aromatic carbocycles. The number of benzene rings is 2. The van der Waals surface area contributed by atoms with Crippen LogP contribution in [0.5, 0.6) is 0 Å². The van der Waals surface area contributed by atoms with E-state index in [1.807, 2.05) is 26.0 Å². The molecule has 0 radical (unpaired) electrons. The quantitative estimate of drug-likeness (QED) is 0.819. The lowest BCUT2D eigenvalue weighted by atomic mass is 10.1. The van der Waals surface area contributed by atoms with Crippen LogP contribution in [0.15, 0.2) is 42.5 Å². The van der Waals surface area contributed by atoms with Gasteiger partial charge in [-0.15, -0.1) is 0 Å². The van der Waals surface area contributed by atoms with Gasteiger partial charge in [-0.25, -0.2) is 4.79 Å². The zero-order valence-electron chi connectivity index (χ0n) is 12.0. The summed E-state index contributed by atoms with van der Waals surface area (Å²) < 4.78 is 0. The number of nitrogens with two attached hydrogens (primary N) is 1. The summed E-state index contributed by atoms with van der Waals surface area (Å²) in [5.74, 6) is 0. The fourth-order valence-corrected chi connectivity index (χ4v) is 2.06. The molecule has 0 aliphatic heterocycles. The summed E-state index contributed by atoms with van der Waals surface area (Å²) in [6.45, 7) is 4.03. The van der Waals surface area contributed by atoms with Crippen molar-refractivity contribution < 1.29 is 4.79 Å². The van der Waals surface area contributed by atoms with Gasteiger partial charge in [-0.1, -0.05) is 17.7 Å². The maximum absolute atomic E-state index is 12.2. The number of nitrogen functional groups attached to an aromatic ring is 1. The van der Waals surface area contributed by atoms with Crippen LogP contribution < -0.4 is 16.0 Å². The predicted molar refractivity (Wildman–Crippen MR) is 84.2 cm³/mol. The normalized spacial score (nSPS) is 10.2. The largest absolute Gasteiger partial charge is 0.399 e. The fourth-order valence-electron chi connectivity index (χ4n) is 2.06. The highest BCUT2D eigenvalue weighted by Crippen LogP contribution is 2.21. The lowest BCUT2D eigenvalue weighted by Crippen LogP contribution is -2.31. The van der Waals surface area contributed by atoms with Gasteiger partial charge in [0.15, 0.2) is 0 Å². The standard InChI is InChI=1S/C16H19N3O/c1-11-4-9-15(12(2)10-11)19(3)16(20)18-14-7-5-13(17)6-8-14/h4-10H,17H2,1-3H3,(H,18,20). The molecule has 0 heterocycles. The number of amides is 2. The Bertz CT molecular complexity index is 620. The lowest BCUT2D eigenvalue weighted by Gasteiger charge is -2.20. The van der Waals surface area contributed by atoms with Crippen molar-refractivity contribution in [2.75, 3.05) is 23.0 Å². The number of hydrogen-bond acceptors (Lipinski definition) is 2. The third-order valence-electron chi connectivity index (χ3n) is 3.18. The van der Waals surface area contributed by atoms with Crippen LogP contribution in [0.2, 0.25) is 0 Å². The first-order valence-corrected chi connectivity index (χ1v) is 6.45. The number of hydrogen-bond donors (Lipinski definition) is 2. The van der Waals surface area contributed by atoms with Gasteiger partial charge in [0.05, 0.1) is 0 Å². The number of nitrogens with zero attached hydrogens (tertiary/aromatic N) is 1. The lowest BCUT2D eigenvalue weighted by molar-refractivity contribution is 0.258. The van der Waals surface area contributed by atoms with E-state index >= 15 is 0 Å². The number of rotatable bonds is 2. The van der Waals surface area contributed by atoms with Crippen LogP contribution in [0.1, 0.15) is 11.1 Å². The molecule has 0 aromatic heterocycles. The summed E-state index contributed by atoms with van der Waals surface area (Å²) >= 11 is 0. The molecular weight excluding hydrogens is 250 g/mol. The van der Waals surface area contributed by atoms with Crippen molar-refractivity contribution in [3.8, 4) is 0 Å². The smallest absolute Gasteiger partial charge is 0.326 e. The van der Waals surface area contributed by atoms with Crippen molar-refractivity contribution in [3.63, 3.8) is 0 Å². The molecule has 4 nitrogen and oxygen atoms in total. The van der Waals surface area contributed by atoms with Crippen LogP contribution in [-0.2, 0) is 0 Å². The van der Waals surface area contributed by atoms with Gasteiger partial charge in [-0.3, -0.25) is 4.90 Å². The van der Waals surface area contributed by atoms with Crippen molar-refractivity contribution in [2.45, 2.75) is 13.8 Å². The molecule has 0 aliphatic rings.